The number of furan rings is 1. The lowest BCUT2D eigenvalue weighted by Crippen LogP contribution is -2.36. The Morgan fingerprint density at radius 2 is 1.94 bits per heavy atom. The third-order valence-corrected chi connectivity index (χ3v) is 6.63. The van der Waals surface area contributed by atoms with Crippen molar-refractivity contribution in [1.82, 2.24) is 14.8 Å². The number of Topliss-reactive ketones (excluding diaryl/α,β-unsaturated/α-hetero) is 1. The maximum absolute atomic E-state index is 13.2. The molecule has 0 saturated carbocycles. The summed E-state index contributed by atoms with van der Waals surface area (Å²) in [6.45, 7) is 4.56. The molecule has 5 rings (SSSR count). The van der Waals surface area contributed by atoms with Crippen LogP contribution in [-0.2, 0) is 17.7 Å². The maximum atomic E-state index is 13.2. The summed E-state index contributed by atoms with van der Waals surface area (Å²) < 4.78 is 12.8. The van der Waals surface area contributed by atoms with Crippen molar-refractivity contribution in [2.45, 2.75) is 19.9 Å². The molecule has 0 unspecified atom stereocenters. The van der Waals surface area contributed by atoms with Gasteiger partial charge in [-0.15, -0.1) is 0 Å². The highest BCUT2D eigenvalue weighted by molar-refractivity contribution is 7.22. The van der Waals surface area contributed by atoms with E-state index in [1.807, 2.05) is 12.1 Å². The second-order valence-electron chi connectivity index (χ2n) is 7.54. The number of aryl methyl sites for hydroxylation is 1. The average molecular weight is 451 g/mol. The molecule has 4 heterocycles. The second kappa shape index (κ2) is 8.68. The molecule has 1 aliphatic rings. The van der Waals surface area contributed by atoms with Crippen LogP contribution in [0.3, 0.4) is 0 Å². The summed E-state index contributed by atoms with van der Waals surface area (Å²) in [4.78, 5) is 32.9. The maximum Gasteiger partial charge on any atom is 0.294 e. The van der Waals surface area contributed by atoms with Crippen molar-refractivity contribution in [3.63, 3.8) is 0 Å². The van der Waals surface area contributed by atoms with Gasteiger partial charge in [0.2, 0.25) is 0 Å². The first-order chi connectivity index (χ1) is 15.6. The zero-order valence-electron chi connectivity index (χ0n) is 17.6. The highest BCUT2D eigenvalue weighted by Crippen LogP contribution is 2.34. The zero-order valence-corrected chi connectivity index (χ0v) is 18.4. The van der Waals surface area contributed by atoms with Gasteiger partial charge in [0.15, 0.2) is 22.2 Å². The van der Waals surface area contributed by atoms with E-state index < -0.39 is 0 Å². The number of rotatable bonds is 6. The number of aromatic nitrogens is 3. The van der Waals surface area contributed by atoms with E-state index in [-0.39, 0.29) is 17.9 Å². The molecule has 0 N–H and O–H groups in total. The summed E-state index contributed by atoms with van der Waals surface area (Å²) >= 11 is 1.41. The molecule has 0 bridgehead atoms. The molecule has 0 spiro atoms. The second-order valence-corrected chi connectivity index (χ2v) is 8.51. The van der Waals surface area contributed by atoms with Crippen molar-refractivity contribution in [3.8, 4) is 11.5 Å². The molecule has 1 aromatic carbocycles. The summed E-state index contributed by atoms with van der Waals surface area (Å²) in [6, 6.07) is 11.0. The minimum atomic E-state index is -0.385. The average Bonchev–Trinajstić information content (AvgIpc) is 3.52. The Morgan fingerprint density at radius 3 is 2.62 bits per heavy atom. The van der Waals surface area contributed by atoms with Crippen LogP contribution in [0, 0.1) is 0 Å². The predicted octanol–water partition coefficient (Wildman–Crippen LogP) is 3.39. The topological polar surface area (TPSA) is 90.5 Å². The molecule has 0 radical (unpaired) electrons. The summed E-state index contributed by atoms with van der Waals surface area (Å²) in [5.74, 6) is 0.344. The van der Waals surface area contributed by atoms with E-state index in [2.05, 4.69) is 21.9 Å². The molecule has 0 amide bonds. The van der Waals surface area contributed by atoms with Gasteiger partial charge >= 0.3 is 0 Å². The van der Waals surface area contributed by atoms with Crippen molar-refractivity contribution in [2.75, 3.05) is 31.2 Å². The van der Waals surface area contributed by atoms with Gasteiger partial charge in [-0.2, -0.15) is 5.10 Å². The minimum absolute atomic E-state index is 0.168. The number of fused-ring (bicyclic) bond motifs is 1. The number of benzene rings is 1. The predicted molar refractivity (Wildman–Crippen MR) is 123 cm³/mol. The fourth-order valence-electron chi connectivity index (χ4n) is 3.67. The van der Waals surface area contributed by atoms with Gasteiger partial charge < -0.3 is 14.1 Å². The number of thiazole rings is 1. The van der Waals surface area contributed by atoms with Crippen molar-refractivity contribution in [3.05, 3.63) is 64.1 Å². The Morgan fingerprint density at radius 1 is 1.16 bits per heavy atom. The van der Waals surface area contributed by atoms with E-state index in [9.17, 15) is 9.59 Å². The van der Waals surface area contributed by atoms with Gasteiger partial charge in [0.05, 0.1) is 24.2 Å². The molecule has 32 heavy (non-hydrogen) atoms. The molecule has 4 aromatic rings. The van der Waals surface area contributed by atoms with Crippen LogP contribution >= 0.6 is 11.3 Å². The number of hydrogen-bond donors (Lipinski definition) is 0. The summed E-state index contributed by atoms with van der Waals surface area (Å²) in [6.07, 6.45) is 2.45. The van der Waals surface area contributed by atoms with Gasteiger partial charge in [-0.1, -0.05) is 42.5 Å². The van der Waals surface area contributed by atoms with Crippen LogP contribution in [0.4, 0.5) is 5.13 Å². The lowest BCUT2D eigenvalue weighted by Gasteiger charge is -2.25. The van der Waals surface area contributed by atoms with Gasteiger partial charge in [-0.3, -0.25) is 9.59 Å². The molecule has 0 aliphatic carbocycles. The highest BCUT2D eigenvalue weighted by atomic mass is 32.1. The van der Waals surface area contributed by atoms with E-state index in [0.717, 1.165) is 17.1 Å². The van der Waals surface area contributed by atoms with Crippen LogP contribution in [0.25, 0.3) is 21.7 Å². The molecule has 164 valence electrons. The van der Waals surface area contributed by atoms with Crippen LogP contribution in [-0.4, -0.2) is 46.9 Å². The molecule has 9 heteroatoms. The Hall–Kier alpha value is -3.30. The molecule has 8 nitrogen and oxygen atoms in total. The van der Waals surface area contributed by atoms with Gasteiger partial charge in [0.1, 0.15) is 12.2 Å². The van der Waals surface area contributed by atoms with Crippen LogP contribution in [0.1, 0.15) is 22.8 Å². The first kappa shape index (κ1) is 20.6. The quantitative estimate of drug-likeness (QED) is 0.416. The smallest absolute Gasteiger partial charge is 0.294 e. The fraction of sp³-hybridized carbons (Fsp3) is 0.304. The molecule has 1 saturated heterocycles. The molecule has 1 fully saturated rings. The summed E-state index contributed by atoms with van der Waals surface area (Å²) in [7, 11) is 0. The highest BCUT2D eigenvalue weighted by Gasteiger charge is 2.23. The van der Waals surface area contributed by atoms with E-state index >= 15 is 0 Å². The van der Waals surface area contributed by atoms with Crippen LogP contribution in [0.15, 0.2) is 51.9 Å². The van der Waals surface area contributed by atoms with Crippen molar-refractivity contribution >= 4 is 32.5 Å². The standard InChI is InChI=1S/C23H22N4O4S/c1-2-15-5-7-16(8-6-15)17(28)14-27-22(29)20-21(19(25-27)18-4-3-11-31-18)32-23(24-20)26-9-12-30-13-10-26/h3-8,11H,2,9-10,12-14H2,1H3. The Balaban J connectivity index is 1.57. The van der Waals surface area contributed by atoms with Crippen LogP contribution in [0.2, 0.25) is 0 Å². The van der Waals surface area contributed by atoms with E-state index in [4.69, 9.17) is 9.15 Å². The largest absolute Gasteiger partial charge is 0.463 e. The lowest BCUT2D eigenvalue weighted by atomic mass is 10.1. The van der Waals surface area contributed by atoms with Gasteiger partial charge in [0, 0.05) is 18.7 Å². The Kier molecular flexibility index (Phi) is 5.59. The number of carbonyl (C=O) groups is 1. The number of hydrogen-bond acceptors (Lipinski definition) is 8. The monoisotopic (exact) mass is 450 g/mol. The van der Waals surface area contributed by atoms with Gasteiger partial charge in [-0.25, -0.2) is 9.67 Å². The number of ketones is 1. The molecule has 0 atom stereocenters. The first-order valence-corrected chi connectivity index (χ1v) is 11.4. The van der Waals surface area contributed by atoms with Gasteiger partial charge in [-0.05, 0) is 24.1 Å². The number of nitrogens with zero attached hydrogens (tertiary/aromatic N) is 4. The third kappa shape index (κ3) is 3.85. The molecular weight excluding hydrogens is 428 g/mol. The Labute approximate surface area is 188 Å². The third-order valence-electron chi connectivity index (χ3n) is 5.50. The van der Waals surface area contributed by atoms with Crippen molar-refractivity contribution < 1.29 is 13.9 Å². The van der Waals surface area contributed by atoms with E-state index in [1.54, 1.807) is 30.5 Å². The number of anilines is 1. The normalized spacial score (nSPS) is 14.2. The van der Waals surface area contributed by atoms with Crippen LogP contribution in [0.5, 0.6) is 0 Å². The molecule has 1 aliphatic heterocycles. The SMILES string of the molecule is CCc1ccc(C(=O)Cn2nc(-c3ccco3)c3sc(N4CCOCC4)nc3c2=O)cc1. The minimum Gasteiger partial charge on any atom is -0.463 e. The number of carbonyl (C=O) groups excluding carboxylic acids is 1. The van der Waals surface area contributed by atoms with Gasteiger partial charge in [0.25, 0.3) is 5.56 Å². The Bertz CT molecular complexity index is 1300. The van der Waals surface area contributed by atoms with Crippen molar-refractivity contribution in [2.24, 2.45) is 0 Å². The van der Waals surface area contributed by atoms with E-state index in [0.29, 0.717) is 53.5 Å². The molecule has 3 aromatic heterocycles. The summed E-state index contributed by atoms with van der Waals surface area (Å²) in [5.41, 5.74) is 2.12. The fourth-order valence-corrected chi connectivity index (χ4v) is 4.77. The first-order valence-electron chi connectivity index (χ1n) is 10.5. The number of morpholine rings is 1. The van der Waals surface area contributed by atoms with E-state index in [1.165, 1.54) is 16.0 Å². The van der Waals surface area contributed by atoms with Crippen LogP contribution < -0.4 is 10.5 Å². The number of ether oxygens (including phenoxy) is 1. The summed E-state index contributed by atoms with van der Waals surface area (Å²) in [5, 5.41) is 5.26. The molecular formula is C23H22N4O4S. The zero-order chi connectivity index (χ0) is 22.1. The van der Waals surface area contributed by atoms with Crippen molar-refractivity contribution in [1.29, 1.82) is 0 Å². The lowest BCUT2D eigenvalue weighted by molar-refractivity contribution is 0.0966.